The second kappa shape index (κ2) is 6.14. The number of aryl methyl sites for hydroxylation is 3. The number of anilines is 1. The molecule has 3 heterocycles. The van der Waals surface area contributed by atoms with E-state index in [9.17, 15) is 0 Å². The fourth-order valence-electron chi connectivity index (χ4n) is 2.91. The Morgan fingerprint density at radius 2 is 1.96 bits per heavy atom. The van der Waals surface area contributed by atoms with Crippen LogP contribution < -0.4 is 5.32 Å². The van der Waals surface area contributed by atoms with Crippen LogP contribution >= 0.6 is 0 Å². The molecule has 0 spiro atoms. The summed E-state index contributed by atoms with van der Waals surface area (Å²) in [6, 6.07) is 4.61. The molecule has 0 saturated heterocycles. The summed E-state index contributed by atoms with van der Waals surface area (Å²) in [7, 11) is 0. The Bertz CT molecular complexity index is 850. The van der Waals surface area contributed by atoms with Crippen molar-refractivity contribution in [1.82, 2.24) is 19.6 Å². The molecule has 0 unspecified atom stereocenters. The van der Waals surface area contributed by atoms with E-state index in [4.69, 9.17) is 10.1 Å². The molecule has 3 aromatic rings. The van der Waals surface area contributed by atoms with E-state index in [1.165, 1.54) is 5.56 Å². The van der Waals surface area contributed by atoms with E-state index in [0.717, 1.165) is 53.1 Å². The highest BCUT2D eigenvalue weighted by atomic mass is 15.3. The summed E-state index contributed by atoms with van der Waals surface area (Å²) in [4.78, 5) is 9.45. The van der Waals surface area contributed by atoms with Crippen LogP contribution in [0.25, 0.3) is 16.7 Å². The van der Waals surface area contributed by atoms with Gasteiger partial charge in [-0.1, -0.05) is 20.3 Å². The number of hydrogen-bond donors (Lipinski definition) is 1. The molecule has 1 N–H and O–H groups in total. The largest absolute Gasteiger partial charge is 0.367 e. The lowest BCUT2D eigenvalue weighted by Crippen LogP contribution is -2.17. The molecule has 5 heteroatoms. The molecular weight excluding hydrogens is 286 g/mol. The lowest BCUT2D eigenvalue weighted by Gasteiger charge is -2.15. The van der Waals surface area contributed by atoms with E-state index in [-0.39, 0.29) is 0 Å². The lowest BCUT2D eigenvalue weighted by atomic mass is 10.1. The van der Waals surface area contributed by atoms with Gasteiger partial charge in [-0.05, 0) is 45.2 Å². The fraction of sp³-hybridized carbons (Fsp3) is 0.500. The molecule has 0 bridgehead atoms. The first kappa shape index (κ1) is 15.7. The van der Waals surface area contributed by atoms with E-state index in [1.54, 1.807) is 0 Å². The molecule has 0 saturated carbocycles. The topological polar surface area (TPSA) is 55.1 Å². The maximum absolute atomic E-state index is 4.86. The molecule has 0 radical (unpaired) electrons. The van der Waals surface area contributed by atoms with Crippen molar-refractivity contribution in [3.8, 4) is 0 Å². The summed E-state index contributed by atoms with van der Waals surface area (Å²) >= 11 is 0. The molecule has 23 heavy (non-hydrogen) atoms. The minimum atomic E-state index is 0.387. The van der Waals surface area contributed by atoms with Gasteiger partial charge in [0.25, 0.3) is 0 Å². The van der Waals surface area contributed by atoms with Crippen LogP contribution in [0.3, 0.4) is 0 Å². The van der Waals surface area contributed by atoms with Crippen molar-refractivity contribution in [3.05, 3.63) is 29.1 Å². The van der Waals surface area contributed by atoms with Crippen LogP contribution in [0.15, 0.2) is 12.1 Å². The van der Waals surface area contributed by atoms with E-state index < -0.39 is 0 Å². The van der Waals surface area contributed by atoms with Gasteiger partial charge >= 0.3 is 0 Å². The molecule has 0 aliphatic carbocycles. The Labute approximate surface area is 137 Å². The third-order valence-electron chi connectivity index (χ3n) is 4.24. The molecule has 5 nitrogen and oxygen atoms in total. The minimum Gasteiger partial charge on any atom is -0.367 e. The van der Waals surface area contributed by atoms with Crippen LogP contribution in [-0.4, -0.2) is 25.6 Å². The van der Waals surface area contributed by atoms with Gasteiger partial charge < -0.3 is 5.32 Å². The quantitative estimate of drug-likeness (QED) is 0.772. The summed E-state index contributed by atoms with van der Waals surface area (Å²) in [5.74, 6) is 1.00. The summed E-state index contributed by atoms with van der Waals surface area (Å²) in [6.07, 6.45) is 3.11. The van der Waals surface area contributed by atoms with Gasteiger partial charge in [-0.15, -0.1) is 5.10 Å². The van der Waals surface area contributed by atoms with Gasteiger partial charge in [0.05, 0.1) is 5.39 Å². The van der Waals surface area contributed by atoms with Gasteiger partial charge in [0.15, 0.2) is 11.3 Å². The summed E-state index contributed by atoms with van der Waals surface area (Å²) in [5.41, 5.74) is 4.95. The van der Waals surface area contributed by atoms with Crippen molar-refractivity contribution >= 4 is 22.5 Å². The molecule has 3 aromatic heterocycles. The number of hydrogen-bond acceptors (Lipinski definition) is 4. The van der Waals surface area contributed by atoms with Crippen LogP contribution in [0.2, 0.25) is 0 Å². The average Bonchev–Trinajstić information content (AvgIpc) is 2.86. The molecule has 3 rings (SSSR count). The smallest absolute Gasteiger partial charge is 0.184 e. The first-order chi connectivity index (χ1) is 11.0. The zero-order valence-corrected chi connectivity index (χ0v) is 14.6. The Morgan fingerprint density at radius 1 is 1.17 bits per heavy atom. The normalized spacial score (nSPS) is 12.9. The molecule has 0 aliphatic heterocycles. The molecule has 0 amide bonds. The Balaban J connectivity index is 2.30. The van der Waals surface area contributed by atoms with Crippen molar-refractivity contribution in [1.29, 1.82) is 0 Å². The number of aromatic nitrogens is 4. The maximum Gasteiger partial charge on any atom is 0.184 e. The van der Waals surface area contributed by atoms with Gasteiger partial charge in [0, 0.05) is 23.5 Å². The van der Waals surface area contributed by atoms with Crippen molar-refractivity contribution in [3.63, 3.8) is 0 Å². The molecule has 0 fully saturated rings. The van der Waals surface area contributed by atoms with Gasteiger partial charge in [0.1, 0.15) is 5.82 Å². The predicted molar refractivity (Wildman–Crippen MR) is 95.1 cm³/mol. The van der Waals surface area contributed by atoms with E-state index in [1.807, 2.05) is 11.4 Å². The highest BCUT2D eigenvalue weighted by Crippen LogP contribution is 2.25. The van der Waals surface area contributed by atoms with Gasteiger partial charge in [-0.25, -0.2) is 9.97 Å². The van der Waals surface area contributed by atoms with Crippen molar-refractivity contribution in [2.75, 3.05) is 5.32 Å². The second-order valence-corrected chi connectivity index (χ2v) is 6.35. The first-order valence-electron chi connectivity index (χ1n) is 8.46. The van der Waals surface area contributed by atoms with Crippen LogP contribution in [0.1, 0.15) is 50.6 Å². The number of rotatable bonds is 5. The van der Waals surface area contributed by atoms with Crippen molar-refractivity contribution in [2.24, 2.45) is 0 Å². The highest BCUT2D eigenvalue weighted by Gasteiger charge is 2.15. The lowest BCUT2D eigenvalue weighted by molar-refractivity contribution is 0.746. The standard InChI is InChI=1S/C18H25N5/c1-6-8-14-10-15(19-12(4)7-2)23-18(21-14)16-11(3)9-13(5)20-17(16)22-23/h9-10,12,19H,6-8H2,1-5H3/t12-/m1/s1. The fourth-order valence-corrected chi connectivity index (χ4v) is 2.91. The van der Waals surface area contributed by atoms with Crippen molar-refractivity contribution < 1.29 is 0 Å². The Hall–Kier alpha value is -2.17. The molecule has 0 aromatic carbocycles. The molecule has 122 valence electrons. The summed E-state index contributed by atoms with van der Waals surface area (Å²) in [6.45, 7) is 10.7. The number of pyridine rings is 1. The van der Waals surface area contributed by atoms with Crippen LogP contribution in [0, 0.1) is 13.8 Å². The highest BCUT2D eigenvalue weighted by molar-refractivity contribution is 5.93. The third-order valence-corrected chi connectivity index (χ3v) is 4.24. The molecule has 1 atom stereocenters. The Kier molecular flexibility index (Phi) is 4.20. The second-order valence-electron chi connectivity index (χ2n) is 6.35. The van der Waals surface area contributed by atoms with E-state index >= 15 is 0 Å². The van der Waals surface area contributed by atoms with E-state index in [2.05, 4.69) is 50.1 Å². The number of nitrogens with one attached hydrogen (secondary N) is 1. The summed E-state index contributed by atoms with van der Waals surface area (Å²) in [5, 5.41) is 9.32. The zero-order valence-electron chi connectivity index (χ0n) is 14.6. The van der Waals surface area contributed by atoms with Gasteiger partial charge in [-0.2, -0.15) is 4.52 Å². The van der Waals surface area contributed by atoms with Crippen LogP contribution in [0.4, 0.5) is 5.82 Å². The van der Waals surface area contributed by atoms with Crippen LogP contribution in [-0.2, 0) is 6.42 Å². The SMILES string of the molecule is CCCc1cc(N[C@H](C)CC)n2nc3nc(C)cc(C)c3c2n1. The predicted octanol–water partition coefficient (Wildman–Crippen LogP) is 4.06. The molecular formula is C18H25N5. The monoisotopic (exact) mass is 311 g/mol. The first-order valence-corrected chi connectivity index (χ1v) is 8.46. The summed E-state index contributed by atoms with van der Waals surface area (Å²) < 4.78 is 1.91. The Morgan fingerprint density at radius 3 is 2.65 bits per heavy atom. The average molecular weight is 311 g/mol. The van der Waals surface area contributed by atoms with E-state index in [0.29, 0.717) is 6.04 Å². The maximum atomic E-state index is 4.86. The third kappa shape index (κ3) is 2.87. The van der Waals surface area contributed by atoms with Crippen molar-refractivity contribution in [2.45, 2.75) is 59.9 Å². The van der Waals surface area contributed by atoms with Crippen LogP contribution in [0.5, 0.6) is 0 Å². The number of nitrogens with zero attached hydrogens (tertiary/aromatic N) is 4. The van der Waals surface area contributed by atoms with Gasteiger partial charge in [-0.3, -0.25) is 0 Å². The zero-order chi connectivity index (χ0) is 16.6. The van der Waals surface area contributed by atoms with Gasteiger partial charge in [0.2, 0.25) is 0 Å². The molecule has 0 aliphatic rings. The minimum absolute atomic E-state index is 0.387. The number of fused-ring (bicyclic) bond motifs is 3.